The molecule has 1 amide bonds. The van der Waals surface area contributed by atoms with Crippen molar-refractivity contribution in [3.8, 4) is 0 Å². The number of pyridine rings is 1. The molecule has 3 rings (SSSR count). The first-order valence-corrected chi connectivity index (χ1v) is 10.0. The third-order valence-electron chi connectivity index (χ3n) is 4.52. The SMILES string of the molecule is CN(C)CCCN(Cc1ccc(Cl)c(Cl)c1)C(=O)Cn1nc2ccccn2c1=O. The molecule has 0 aliphatic heterocycles. The van der Waals surface area contributed by atoms with Crippen LogP contribution in [0.25, 0.3) is 5.65 Å². The molecule has 0 N–H and O–H groups in total. The van der Waals surface area contributed by atoms with Crippen LogP contribution >= 0.6 is 23.2 Å². The Morgan fingerprint density at radius 1 is 1.10 bits per heavy atom. The summed E-state index contributed by atoms with van der Waals surface area (Å²) in [7, 11) is 3.97. The first kappa shape index (κ1) is 21.4. The standard InChI is InChI=1S/C20H23Cl2N5O2/c1-24(2)9-5-10-25(13-15-7-8-16(21)17(22)12-15)19(28)14-27-20(29)26-11-4-3-6-18(26)23-27/h3-4,6-8,11-12H,5,9-10,13-14H2,1-2H3. The fourth-order valence-corrected chi connectivity index (χ4v) is 3.35. The lowest BCUT2D eigenvalue weighted by atomic mass is 10.2. The lowest BCUT2D eigenvalue weighted by molar-refractivity contribution is -0.132. The van der Waals surface area contributed by atoms with Crippen molar-refractivity contribution in [1.29, 1.82) is 0 Å². The van der Waals surface area contributed by atoms with Gasteiger partial charge in [0.15, 0.2) is 5.65 Å². The summed E-state index contributed by atoms with van der Waals surface area (Å²) in [6.07, 6.45) is 2.44. The molecule has 0 unspecified atom stereocenters. The van der Waals surface area contributed by atoms with Gasteiger partial charge in [0.25, 0.3) is 0 Å². The Balaban J connectivity index is 1.79. The first-order chi connectivity index (χ1) is 13.8. The van der Waals surface area contributed by atoms with Gasteiger partial charge in [-0.2, -0.15) is 0 Å². The van der Waals surface area contributed by atoms with E-state index in [1.165, 1.54) is 9.08 Å². The molecular formula is C20H23Cl2N5O2. The van der Waals surface area contributed by atoms with Crippen LogP contribution in [0.1, 0.15) is 12.0 Å². The number of carbonyl (C=O) groups excluding carboxylic acids is 1. The summed E-state index contributed by atoms with van der Waals surface area (Å²) in [5.74, 6) is -0.180. The molecule has 0 aliphatic carbocycles. The van der Waals surface area contributed by atoms with E-state index in [-0.39, 0.29) is 18.1 Å². The number of hydrogen-bond acceptors (Lipinski definition) is 4. The second-order valence-electron chi connectivity index (χ2n) is 7.09. The van der Waals surface area contributed by atoms with Crippen LogP contribution in [0.5, 0.6) is 0 Å². The zero-order chi connectivity index (χ0) is 21.0. The summed E-state index contributed by atoms with van der Waals surface area (Å²) in [6.45, 7) is 1.66. The highest BCUT2D eigenvalue weighted by Gasteiger charge is 2.18. The van der Waals surface area contributed by atoms with Gasteiger partial charge in [-0.3, -0.25) is 9.20 Å². The zero-order valence-corrected chi connectivity index (χ0v) is 17.9. The Kier molecular flexibility index (Phi) is 6.95. The summed E-state index contributed by atoms with van der Waals surface area (Å²) in [5, 5.41) is 5.16. The minimum absolute atomic E-state index is 0.121. The van der Waals surface area contributed by atoms with Crippen molar-refractivity contribution < 1.29 is 4.79 Å². The van der Waals surface area contributed by atoms with Crippen molar-refractivity contribution >= 4 is 34.8 Å². The Labute approximate surface area is 179 Å². The van der Waals surface area contributed by atoms with Gasteiger partial charge in [-0.05, 0) is 56.9 Å². The Hall–Kier alpha value is -2.35. The number of nitrogens with zero attached hydrogens (tertiary/aromatic N) is 5. The summed E-state index contributed by atoms with van der Waals surface area (Å²) >= 11 is 12.1. The highest BCUT2D eigenvalue weighted by Crippen LogP contribution is 2.23. The van der Waals surface area contributed by atoms with Gasteiger partial charge in [-0.15, -0.1) is 5.10 Å². The van der Waals surface area contributed by atoms with Crippen molar-refractivity contribution in [1.82, 2.24) is 24.0 Å². The van der Waals surface area contributed by atoms with Gasteiger partial charge >= 0.3 is 5.69 Å². The topological polar surface area (TPSA) is 62.9 Å². The number of aromatic nitrogens is 3. The Bertz CT molecular complexity index is 1060. The van der Waals surface area contributed by atoms with E-state index in [1.54, 1.807) is 41.4 Å². The second-order valence-corrected chi connectivity index (χ2v) is 7.90. The summed E-state index contributed by atoms with van der Waals surface area (Å²) in [5.41, 5.74) is 1.05. The maximum absolute atomic E-state index is 13.0. The van der Waals surface area contributed by atoms with Gasteiger partial charge in [-0.25, -0.2) is 9.48 Å². The van der Waals surface area contributed by atoms with E-state index in [9.17, 15) is 9.59 Å². The molecule has 2 aromatic heterocycles. The lowest BCUT2D eigenvalue weighted by Crippen LogP contribution is -2.37. The average Bonchev–Trinajstić information content (AvgIpc) is 2.99. The molecule has 0 atom stereocenters. The number of hydrogen-bond donors (Lipinski definition) is 0. The Morgan fingerprint density at radius 2 is 1.90 bits per heavy atom. The monoisotopic (exact) mass is 435 g/mol. The van der Waals surface area contributed by atoms with Gasteiger partial charge < -0.3 is 9.80 Å². The van der Waals surface area contributed by atoms with E-state index in [4.69, 9.17) is 23.2 Å². The third kappa shape index (κ3) is 5.38. The van der Waals surface area contributed by atoms with Crippen LogP contribution in [0.15, 0.2) is 47.4 Å². The molecule has 0 fully saturated rings. The molecule has 0 spiro atoms. The van der Waals surface area contributed by atoms with Crippen LogP contribution in [-0.2, 0) is 17.9 Å². The molecule has 0 saturated carbocycles. The van der Waals surface area contributed by atoms with Crippen LogP contribution in [0.4, 0.5) is 0 Å². The van der Waals surface area contributed by atoms with Crippen molar-refractivity contribution in [3.05, 3.63) is 68.7 Å². The van der Waals surface area contributed by atoms with E-state index < -0.39 is 0 Å². The minimum atomic E-state index is -0.336. The minimum Gasteiger partial charge on any atom is -0.337 e. The van der Waals surface area contributed by atoms with Gasteiger partial charge in [0.1, 0.15) is 6.54 Å². The molecule has 0 aliphatic rings. The molecule has 7 nitrogen and oxygen atoms in total. The van der Waals surface area contributed by atoms with Crippen LogP contribution in [0.2, 0.25) is 10.0 Å². The number of benzene rings is 1. The summed E-state index contributed by atoms with van der Waals surface area (Å²) in [4.78, 5) is 29.3. The van der Waals surface area contributed by atoms with Gasteiger partial charge in [-0.1, -0.05) is 35.3 Å². The summed E-state index contributed by atoms with van der Waals surface area (Å²) < 4.78 is 2.62. The maximum atomic E-state index is 13.0. The van der Waals surface area contributed by atoms with Crippen LogP contribution in [0.3, 0.4) is 0 Å². The molecule has 29 heavy (non-hydrogen) atoms. The average molecular weight is 436 g/mol. The molecule has 0 bridgehead atoms. The van der Waals surface area contributed by atoms with Gasteiger partial charge in [0, 0.05) is 19.3 Å². The molecule has 0 radical (unpaired) electrons. The number of carbonyl (C=O) groups is 1. The summed E-state index contributed by atoms with van der Waals surface area (Å²) in [6, 6.07) is 10.6. The predicted octanol–water partition coefficient (Wildman–Crippen LogP) is 2.78. The third-order valence-corrected chi connectivity index (χ3v) is 5.26. The quantitative estimate of drug-likeness (QED) is 0.545. The Morgan fingerprint density at radius 3 is 2.59 bits per heavy atom. The number of halogens is 2. The van der Waals surface area contributed by atoms with E-state index in [1.807, 2.05) is 20.2 Å². The van der Waals surface area contributed by atoms with Crippen molar-refractivity contribution in [2.45, 2.75) is 19.5 Å². The lowest BCUT2D eigenvalue weighted by Gasteiger charge is -2.24. The van der Waals surface area contributed by atoms with Crippen molar-refractivity contribution in [3.63, 3.8) is 0 Å². The molecule has 154 valence electrons. The molecule has 3 aromatic rings. The van der Waals surface area contributed by atoms with Crippen LogP contribution < -0.4 is 5.69 Å². The highest BCUT2D eigenvalue weighted by atomic mass is 35.5. The van der Waals surface area contributed by atoms with Gasteiger partial charge in [0.2, 0.25) is 5.91 Å². The van der Waals surface area contributed by atoms with Crippen molar-refractivity contribution in [2.24, 2.45) is 0 Å². The number of fused-ring (bicyclic) bond motifs is 1. The first-order valence-electron chi connectivity index (χ1n) is 9.26. The fraction of sp³-hybridized carbons (Fsp3) is 0.350. The second kappa shape index (κ2) is 9.43. The zero-order valence-electron chi connectivity index (χ0n) is 16.4. The maximum Gasteiger partial charge on any atom is 0.350 e. The van der Waals surface area contributed by atoms with Crippen LogP contribution in [0, 0.1) is 0 Å². The molecular weight excluding hydrogens is 413 g/mol. The molecule has 2 heterocycles. The fourth-order valence-electron chi connectivity index (χ4n) is 3.03. The largest absolute Gasteiger partial charge is 0.350 e. The van der Waals surface area contributed by atoms with Crippen LogP contribution in [-0.4, -0.2) is 57.1 Å². The molecule has 0 saturated heterocycles. The number of amides is 1. The molecule has 9 heteroatoms. The smallest absolute Gasteiger partial charge is 0.337 e. The van der Waals surface area contributed by atoms with E-state index >= 15 is 0 Å². The van der Waals surface area contributed by atoms with E-state index in [0.717, 1.165) is 18.5 Å². The predicted molar refractivity (Wildman–Crippen MR) is 115 cm³/mol. The van der Waals surface area contributed by atoms with E-state index in [0.29, 0.717) is 28.8 Å². The molecule has 1 aromatic carbocycles. The normalized spacial score (nSPS) is 11.3. The highest BCUT2D eigenvalue weighted by molar-refractivity contribution is 6.42. The number of rotatable bonds is 8. The van der Waals surface area contributed by atoms with E-state index in [2.05, 4.69) is 10.00 Å². The van der Waals surface area contributed by atoms with Crippen molar-refractivity contribution in [2.75, 3.05) is 27.2 Å². The van der Waals surface area contributed by atoms with Gasteiger partial charge in [0.05, 0.1) is 10.0 Å².